The fourth-order valence-electron chi connectivity index (χ4n) is 1.40. The second-order valence-corrected chi connectivity index (χ2v) is 4.17. The van der Waals surface area contributed by atoms with E-state index < -0.39 is 5.97 Å². The molecular weight excluding hydrogens is 224 g/mol. The van der Waals surface area contributed by atoms with Crippen LogP contribution in [0.3, 0.4) is 0 Å². The van der Waals surface area contributed by atoms with Crippen LogP contribution in [0.25, 0.3) is 0 Å². The van der Waals surface area contributed by atoms with E-state index in [1.54, 1.807) is 17.8 Å². The summed E-state index contributed by atoms with van der Waals surface area (Å²) in [5.74, 6) is -0.156. The van der Waals surface area contributed by atoms with E-state index in [9.17, 15) is 9.59 Å². The predicted molar refractivity (Wildman–Crippen MR) is 64.3 cm³/mol. The highest BCUT2D eigenvalue weighted by atomic mass is 32.2. The van der Waals surface area contributed by atoms with Crippen LogP contribution in [0.2, 0.25) is 0 Å². The lowest BCUT2D eigenvalue weighted by atomic mass is 10.1. The smallest absolute Gasteiger partial charge is 0.335 e. The van der Waals surface area contributed by atoms with Gasteiger partial charge in [0.15, 0.2) is 5.78 Å². The number of benzene rings is 1. The molecular formula is C12H12O3S. The third-order valence-electron chi connectivity index (χ3n) is 2.11. The second-order valence-electron chi connectivity index (χ2n) is 3.04. The van der Waals surface area contributed by atoms with Crippen molar-refractivity contribution in [2.24, 2.45) is 0 Å². The van der Waals surface area contributed by atoms with Gasteiger partial charge in [-0.05, 0) is 18.2 Å². The van der Waals surface area contributed by atoms with Gasteiger partial charge in [-0.15, -0.1) is 24.9 Å². The number of rotatable bonds is 1. The average molecular weight is 236 g/mol. The molecule has 0 bridgehead atoms. The van der Waals surface area contributed by atoms with Crippen LogP contribution in [0.5, 0.6) is 0 Å². The van der Waals surface area contributed by atoms with Gasteiger partial charge in [-0.1, -0.05) is 0 Å². The minimum atomic E-state index is -0.990. The Balaban J connectivity index is 0.000000606. The molecule has 1 aromatic carbocycles. The highest BCUT2D eigenvalue weighted by Crippen LogP contribution is 2.30. The first-order chi connectivity index (χ1) is 7.68. The summed E-state index contributed by atoms with van der Waals surface area (Å²) >= 11 is 1.60. The molecule has 2 rings (SSSR count). The number of Topliss-reactive ketones (excluding diaryl/α,β-unsaturated/α-hetero) is 1. The zero-order chi connectivity index (χ0) is 12.1. The maximum absolute atomic E-state index is 11.5. The summed E-state index contributed by atoms with van der Waals surface area (Å²) in [7, 11) is 0. The van der Waals surface area contributed by atoms with E-state index in [1.807, 2.05) is 0 Å². The standard InChI is InChI=1S/C10H8O3S.C2H4/c11-8-3-4-14-9-2-1-6(10(12)13)5-7(8)9;1-2/h1-2,5H,3-4H2,(H,12,13);1-2H2. The SMILES string of the molecule is C=C.O=C(O)c1ccc2c(c1)C(=O)CCS2. The summed E-state index contributed by atoms with van der Waals surface area (Å²) in [6, 6.07) is 4.71. The molecule has 3 nitrogen and oxygen atoms in total. The van der Waals surface area contributed by atoms with Crippen molar-refractivity contribution >= 4 is 23.5 Å². The van der Waals surface area contributed by atoms with Crippen LogP contribution in [0.4, 0.5) is 0 Å². The van der Waals surface area contributed by atoms with Crippen molar-refractivity contribution < 1.29 is 14.7 Å². The molecule has 1 aliphatic rings. The number of carboxylic acid groups (broad SMARTS) is 1. The number of thioether (sulfide) groups is 1. The monoisotopic (exact) mass is 236 g/mol. The first kappa shape index (κ1) is 12.5. The Labute approximate surface area is 98.2 Å². The van der Waals surface area contributed by atoms with Gasteiger partial charge in [-0.3, -0.25) is 4.79 Å². The normalized spacial score (nSPS) is 13.4. The molecule has 4 heteroatoms. The summed E-state index contributed by atoms with van der Waals surface area (Å²) in [6.07, 6.45) is 0.501. The van der Waals surface area contributed by atoms with E-state index >= 15 is 0 Å². The second kappa shape index (κ2) is 5.51. The van der Waals surface area contributed by atoms with E-state index in [0.29, 0.717) is 12.0 Å². The summed E-state index contributed by atoms with van der Waals surface area (Å²) in [5, 5.41) is 8.75. The molecule has 0 saturated heterocycles. The molecule has 0 aromatic heterocycles. The summed E-state index contributed by atoms with van der Waals surface area (Å²) in [6.45, 7) is 6.00. The molecule has 1 heterocycles. The molecule has 0 spiro atoms. The molecule has 16 heavy (non-hydrogen) atoms. The molecule has 0 amide bonds. The topological polar surface area (TPSA) is 54.4 Å². The third-order valence-corrected chi connectivity index (χ3v) is 3.19. The maximum atomic E-state index is 11.5. The van der Waals surface area contributed by atoms with E-state index in [2.05, 4.69) is 13.2 Å². The van der Waals surface area contributed by atoms with Gasteiger partial charge in [0.2, 0.25) is 0 Å². The Morgan fingerprint density at radius 3 is 2.69 bits per heavy atom. The van der Waals surface area contributed by atoms with Gasteiger partial charge in [-0.25, -0.2) is 4.79 Å². The van der Waals surface area contributed by atoms with Gasteiger partial charge >= 0.3 is 5.97 Å². The highest BCUT2D eigenvalue weighted by molar-refractivity contribution is 7.99. The van der Waals surface area contributed by atoms with E-state index in [1.165, 1.54) is 12.1 Å². The van der Waals surface area contributed by atoms with Crippen molar-refractivity contribution in [3.05, 3.63) is 42.5 Å². The van der Waals surface area contributed by atoms with Crippen molar-refractivity contribution in [2.75, 3.05) is 5.75 Å². The number of ketones is 1. The van der Waals surface area contributed by atoms with Gasteiger partial charge in [0.25, 0.3) is 0 Å². The van der Waals surface area contributed by atoms with Crippen LogP contribution in [0.1, 0.15) is 27.1 Å². The zero-order valence-electron chi connectivity index (χ0n) is 8.73. The number of carboxylic acids is 1. The van der Waals surface area contributed by atoms with Crippen LogP contribution in [-0.4, -0.2) is 22.6 Å². The predicted octanol–water partition coefficient (Wildman–Crippen LogP) is 2.87. The Morgan fingerprint density at radius 2 is 2.06 bits per heavy atom. The highest BCUT2D eigenvalue weighted by Gasteiger charge is 2.18. The molecule has 84 valence electrons. The number of hydrogen-bond donors (Lipinski definition) is 1. The van der Waals surface area contributed by atoms with Gasteiger partial charge in [0.05, 0.1) is 5.56 Å². The fourth-order valence-corrected chi connectivity index (χ4v) is 2.40. The van der Waals surface area contributed by atoms with Gasteiger partial charge < -0.3 is 5.11 Å². The van der Waals surface area contributed by atoms with Crippen molar-refractivity contribution in [1.29, 1.82) is 0 Å². The number of aromatic carboxylic acids is 1. The number of hydrogen-bond acceptors (Lipinski definition) is 3. The first-order valence-corrected chi connectivity index (χ1v) is 5.70. The molecule has 0 aliphatic carbocycles. The van der Waals surface area contributed by atoms with Crippen LogP contribution in [-0.2, 0) is 0 Å². The molecule has 1 aromatic rings. The van der Waals surface area contributed by atoms with Crippen molar-refractivity contribution in [1.82, 2.24) is 0 Å². The first-order valence-electron chi connectivity index (χ1n) is 4.72. The summed E-state index contributed by atoms with van der Waals surface area (Å²) in [4.78, 5) is 23.0. The zero-order valence-corrected chi connectivity index (χ0v) is 9.55. The van der Waals surface area contributed by atoms with Crippen LogP contribution in [0, 0.1) is 0 Å². The quantitative estimate of drug-likeness (QED) is 0.762. The van der Waals surface area contributed by atoms with Crippen molar-refractivity contribution in [3.63, 3.8) is 0 Å². The third kappa shape index (κ3) is 2.52. The Hall–Kier alpha value is -1.55. The molecule has 1 N–H and O–H groups in total. The fraction of sp³-hybridized carbons (Fsp3) is 0.167. The molecule has 0 saturated carbocycles. The van der Waals surface area contributed by atoms with E-state index in [0.717, 1.165) is 10.6 Å². The maximum Gasteiger partial charge on any atom is 0.335 e. The number of carbonyl (C=O) groups excluding carboxylic acids is 1. The lowest BCUT2D eigenvalue weighted by molar-refractivity contribution is 0.0697. The van der Waals surface area contributed by atoms with Gasteiger partial charge in [0.1, 0.15) is 0 Å². The Bertz CT molecular complexity index is 426. The summed E-state index contributed by atoms with van der Waals surface area (Å²) in [5.41, 5.74) is 0.737. The summed E-state index contributed by atoms with van der Waals surface area (Å²) < 4.78 is 0. The van der Waals surface area contributed by atoms with Crippen LogP contribution in [0.15, 0.2) is 36.3 Å². The van der Waals surface area contributed by atoms with Crippen molar-refractivity contribution in [3.8, 4) is 0 Å². The van der Waals surface area contributed by atoms with Crippen molar-refractivity contribution in [2.45, 2.75) is 11.3 Å². The minimum Gasteiger partial charge on any atom is -0.478 e. The number of carbonyl (C=O) groups is 2. The molecule has 0 unspecified atom stereocenters. The van der Waals surface area contributed by atoms with E-state index in [-0.39, 0.29) is 11.3 Å². The molecule has 0 radical (unpaired) electrons. The molecule has 0 atom stereocenters. The number of fused-ring (bicyclic) bond motifs is 1. The van der Waals surface area contributed by atoms with Crippen LogP contribution < -0.4 is 0 Å². The average Bonchev–Trinajstić information content (AvgIpc) is 2.32. The van der Waals surface area contributed by atoms with Gasteiger partial charge in [0, 0.05) is 22.6 Å². The van der Waals surface area contributed by atoms with Crippen LogP contribution >= 0.6 is 11.8 Å². The largest absolute Gasteiger partial charge is 0.478 e. The minimum absolute atomic E-state index is 0.0434. The lowest BCUT2D eigenvalue weighted by Crippen LogP contribution is -2.09. The van der Waals surface area contributed by atoms with E-state index in [4.69, 9.17) is 5.11 Å². The molecule has 1 aliphatic heterocycles. The Kier molecular flexibility index (Phi) is 4.31. The lowest BCUT2D eigenvalue weighted by Gasteiger charge is -2.13. The molecule has 0 fully saturated rings. The Morgan fingerprint density at radius 1 is 1.38 bits per heavy atom. The van der Waals surface area contributed by atoms with Gasteiger partial charge in [-0.2, -0.15) is 0 Å².